The molecule has 1 aliphatic rings. The predicted octanol–water partition coefficient (Wildman–Crippen LogP) is 6.00. The summed E-state index contributed by atoms with van der Waals surface area (Å²) in [7, 11) is 1.61. The summed E-state index contributed by atoms with van der Waals surface area (Å²) in [4.78, 5) is 8.96. The largest absolute Gasteiger partial charge is 0.493 e. The molecule has 2 aromatic carbocycles. The number of rotatable bonds is 9. The van der Waals surface area contributed by atoms with Crippen LogP contribution in [-0.2, 0) is 0 Å². The van der Waals surface area contributed by atoms with Crippen LogP contribution in [0.25, 0.3) is 0 Å². The van der Waals surface area contributed by atoms with Crippen molar-refractivity contribution in [3.8, 4) is 11.5 Å². The number of nitrogens with zero attached hydrogens (tertiary/aromatic N) is 2. The van der Waals surface area contributed by atoms with Crippen LogP contribution in [0.4, 0.5) is 4.39 Å². The first-order valence-electron chi connectivity index (χ1n) is 10.9. The lowest BCUT2D eigenvalue weighted by Crippen LogP contribution is -2.30. The molecule has 0 amide bonds. The van der Waals surface area contributed by atoms with Gasteiger partial charge in [-0.15, -0.1) is 0 Å². The van der Waals surface area contributed by atoms with E-state index in [0.717, 1.165) is 29.9 Å². The lowest BCUT2D eigenvalue weighted by molar-refractivity contribution is 0.108. The number of methoxy groups -OCH3 is 1. The van der Waals surface area contributed by atoms with Gasteiger partial charge in [-0.05, 0) is 81.5 Å². The Morgan fingerprint density at radius 2 is 1.82 bits per heavy atom. The minimum absolute atomic E-state index is 0.0131. The molecule has 0 aliphatic heterocycles. The molecule has 0 spiro atoms. The summed E-state index contributed by atoms with van der Waals surface area (Å²) in [6.07, 6.45) is 3.60. The zero-order valence-corrected chi connectivity index (χ0v) is 20.2. The van der Waals surface area contributed by atoms with E-state index in [9.17, 15) is 9.50 Å². The Labute approximate surface area is 199 Å². The van der Waals surface area contributed by atoms with Crippen molar-refractivity contribution in [3.05, 3.63) is 70.6 Å². The molecule has 0 aromatic heterocycles. The van der Waals surface area contributed by atoms with Crippen LogP contribution in [0.5, 0.6) is 11.5 Å². The molecule has 0 heterocycles. The van der Waals surface area contributed by atoms with E-state index >= 15 is 0 Å². The Morgan fingerprint density at radius 1 is 1.15 bits per heavy atom. The van der Waals surface area contributed by atoms with Crippen molar-refractivity contribution in [2.24, 2.45) is 9.98 Å². The summed E-state index contributed by atoms with van der Waals surface area (Å²) < 4.78 is 24.9. The third-order valence-corrected chi connectivity index (χ3v) is 6.10. The first-order chi connectivity index (χ1) is 15.6. The maximum atomic E-state index is 13.4. The number of benzene rings is 2. The summed E-state index contributed by atoms with van der Waals surface area (Å²) in [6.45, 7) is 9.21. The maximum absolute atomic E-state index is 13.4. The van der Waals surface area contributed by atoms with Crippen LogP contribution in [0.2, 0.25) is 5.02 Å². The highest BCUT2D eigenvalue weighted by molar-refractivity contribution is 6.31. The highest BCUT2D eigenvalue weighted by atomic mass is 35.5. The molecule has 1 N–H and O–H groups in total. The van der Waals surface area contributed by atoms with Gasteiger partial charge in [0.25, 0.3) is 0 Å². The summed E-state index contributed by atoms with van der Waals surface area (Å²) >= 11 is 5.86. The maximum Gasteiger partial charge on any atom is 0.161 e. The monoisotopic (exact) mass is 472 g/mol. The van der Waals surface area contributed by atoms with Crippen LogP contribution in [0, 0.1) is 5.82 Å². The van der Waals surface area contributed by atoms with Gasteiger partial charge in [-0.25, -0.2) is 4.39 Å². The fraction of sp³-hybridized carbons (Fsp3) is 0.385. The first kappa shape index (κ1) is 24.9. The Morgan fingerprint density at radius 3 is 2.42 bits per heavy atom. The van der Waals surface area contributed by atoms with E-state index in [4.69, 9.17) is 21.1 Å². The van der Waals surface area contributed by atoms with Crippen LogP contribution < -0.4 is 9.47 Å². The second-order valence-electron chi connectivity index (χ2n) is 8.48. The van der Waals surface area contributed by atoms with E-state index in [-0.39, 0.29) is 23.4 Å². The molecular weight excluding hydrogens is 443 g/mol. The predicted molar refractivity (Wildman–Crippen MR) is 132 cm³/mol. The van der Waals surface area contributed by atoms with E-state index in [1.54, 1.807) is 27.0 Å². The molecule has 1 saturated carbocycles. The van der Waals surface area contributed by atoms with Gasteiger partial charge in [0.1, 0.15) is 11.4 Å². The fourth-order valence-electron chi connectivity index (χ4n) is 3.22. The van der Waals surface area contributed by atoms with Gasteiger partial charge < -0.3 is 14.6 Å². The van der Waals surface area contributed by atoms with Crippen LogP contribution in [0.1, 0.15) is 51.2 Å². The van der Waals surface area contributed by atoms with Crippen LogP contribution in [0.3, 0.4) is 0 Å². The zero-order chi connectivity index (χ0) is 24.2. The minimum Gasteiger partial charge on any atom is -0.493 e. The molecule has 176 valence electrons. The molecule has 2 aromatic rings. The molecule has 3 rings (SSSR count). The normalized spacial score (nSPS) is 16.7. The number of hydrogen-bond acceptors (Lipinski definition) is 5. The zero-order valence-electron chi connectivity index (χ0n) is 19.5. The third-order valence-electron chi connectivity index (χ3n) is 5.81. The van der Waals surface area contributed by atoms with Crippen molar-refractivity contribution in [2.45, 2.75) is 51.7 Å². The van der Waals surface area contributed by atoms with Gasteiger partial charge in [0.2, 0.25) is 0 Å². The Hall–Kier alpha value is -2.70. The average molecular weight is 473 g/mol. The summed E-state index contributed by atoms with van der Waals surface area (Å²) in [5.41, 5.74) is 1.70. The van der Waals surface area contributed by atoms with Gasteiger partial charge in [0.15, 0.2) is 11.5 Å². The van der Waals surface area contributed by atoms with E-state index in [1.165, 1.54) is 18.6 Å². The number of aliphatic imine (C=N–C) groups is 2. The first-order valence-corrected chi connectivity index (χ1v) is 11.3. The Balaban J connectivity index is 1.71. The SMILES string of the molecule is C=C(N=C(C)c1ccc(F)c(Cl)c1)C(C)(O)CN=C(C)c1ccc(OC2CCC2)c(OC)c1. The Bertz CT molecular complexity index is 1090. The smallest absolute Gasteiger partial charge is 0.161 e. The van der Waals surface area contributed by atoms with Gasteiger partial charge in [0, 0.05) is 11.4 Å². The van der Waals surface area contributed by atoms with Crippen molar-refractivity contribution in [1.29, 1.82) is 0 Å². The number of hydrogen-bond donors (Lipinski definition) is 1. The van der Waals surface area contributed by atoms with Crippen molar-refractivity contribution in [1.82, 2.24) is 0 Å². The molecule has 1 unspecified atom stereocenters. The van der Waals surface area contributed by atoms with Crippen molar-refractivity contribution in [2.75, 3.05) is 13.7 Å². The number of aliphatic hydroxyl groups is 1. The summed E-state index contributed by atoms with van der Waals surface area (Å²) in [5.74, 6) is 0.885. The van der Waals surface area contributed by atoms with Gasteiger partial charge >= 0.3 is 0 Å². The van der Waals surface area contributed by atoms with Gasteiger partial charge in [-0.1, -0.05) is 24.2 Å². The molecule has 1 fully saturated rings. The highest BCUT2D eigenvalue weighted by Crippen LogP contribution is 2.33. The van der Waals surface area contributed by atoms with Crippen molar-refractivity contribution >= 4 is 23.0 Å². The van der Waals surface area contributed by atoms with Crippen LogP contribution >= 0.6 is 11.6 Å². The van der Waals surface area contributed by atoms with Gasteiger partial charge in [-0.3, -0.25) is 9.98 Å². The standard InChI is InChI=1S/C26H30ClFN2O3/c1-16(20-10-12-24(25(14-20)32-5)33-21-7-6-8-21)29-15-26(4,31)18(3)30-17(2)19-9-11-23(28)22(27)13-19/h9-14,21,31H,3,6-8,15H2,1-2,4-5H3. The number of halogens is 2. The molecule has 33 heavy (non-hydrogen) atoms. The van der Waals surface area contributed by atoms with E-state index < -0.39 is 11.4 Å². The molecule has 7 heteroatoms. The van der Waals surface area contributed by atoms with E-state index in [2.05, 4.69) is 16.6 Å². The molecular formula is C26H30ClFN2O3. The second-order valence-corrected chi connectivity index (χ2v) is 8.89. The highest BCUT2D eigenvalue weighted by Gasteiger charge is 2.25. The van der Waals surface area contributed by atoms with Gasteiger partial charge in [-0.2, -0.15) is 0 Å². The lowest BCUT2D eigenvalue weighted by atomic mass is 9.96. The Kier molecular flexibility index (Phi) is 7.92. The summed E-state index contributed by atoms with van der Waals surface area (Å²) in [6, 6.07) is 10.1. The van der Waals surface area contributed by atoms with Crippen molar-refractivity contribution in [3.63, 3.8) is 0 Å². The minimum atomic E-state index is -1.37. The van der Waals surface area contributed by atoms with E-state index in [0.29, 0.717) is 17.0 Å². The average Bonchev–Trinajstić information content (AvgIpc) is 2.76. The molecule has 0 bridgehead atoms. The summed E-state index contributed by atoms with van der Waals surface area (Å²) in [5, 5.41) is 10.9. The molecule has 0 saturated heterocycles. The van der Waals surface area contributed by atoms with Gasteiger partial charge in [0.05, 0.1) is 30.5 Å². The number of ether oxygens (including phenoxy) is 2. The third kappa shape index (κ3) is 6.21. The second kappa shape index (κ2) is 10.5. The van der Waals surface area contributed by atoms with Crippen LogP contribution in [0.15, 0.2) is 58.7 Å². The lowest BCUT2D eigenvalue weighted by Gasteiger charge is -2.27. The topological polar surface area (TPSA) is 63.4 Å². The molecule has 1 aliphatic carbocycles. The molecule has 5 nitrogen and oxygen atoms in total. The molecule has 1 atom stereocenters. The fourth-order valence-corrected chi connectivity index (χ4v) is 3.40. The molecule has 0 radical (unpaired) electrons. The van der Waals surface area contributed by atoms with Crippen molar-refractivity contribution < 1.29 is 19.0 Å². The van der Waals surface area contributed by atoms with Crippen LogP contribution in [-0.4, -0.2) is 41.9 Å². The van der Waals surface area contributed by atoms with E-state index in [1.807, 2.05) is 25.1 Å². The quantitative estimate of drug-likeness (QED) is 0.455.